The van der Waals surface area contributed by atoms with Crippen molar-refractivity contribution in [3.05, 3.63) is 60.1 Å². The van der Waals surface area contributed by atoms with Crippen molar-refractivity contribution < 1.29 is 31.9 Å². The summed E-state index contributed by atoms with van der Waals surface area (Å²) in [6, 6.07) is 11.0. The van der Waals surface area contributed by atoms with Gasteiger partial charge in [0.2, 0.25) is 11.7 Å². The molecule has 2 amide bonds. The van der Waals surface area contributed by atoms with E-state index in [0.717, 1.165) is 0 Å². The van der Waals surface area contributed by atoms with Crippen LogP contribution in [-0.2, 0) is 10.9 Å². The number of pyridine rings is 1. The molecule has 2 aromatic heterocycles. The zero-order chi connectivity index (χ0) is 26.8. The first-order valence-electron chi connectivity index (χ1n) is 11.5. The quantitative estimate of drug-likeness (QED) is 0.465. The molecule has 1 unspecified atom stereocenters. The molecular formula is C25H26F3N5O4. The van der Waals surface area contributed by atoms with Crippen LogP contribution >= 0.6 is 0 Å². The fourth-order valence-electron chi connectivity index (χ4n) is 3.69. The molecule has 1 fully saturated rings. The minimum Gasteiger partial charge on any atom is -0.444 e. The summed E-state index contributed by atoms with van der Waals surface area (Å²) >= 11 is 0. The number of alkyl halides is 3. The van der Waals surface area contributed by atoms with Gasteiger partial charge >= 0.3 is 12.3 Å². The number of carbonyl (C=O) groups is 2. The molecule has 37 heavy (non-hydrogen) atoms. The molecule has 1 saturated heterocycles. The maximum absolute atomic E-state index is 13.5. The molecule has 0 spiro atoms. The van der Waals surface area contributed by atoms with Crippen LogP contribution in [0.3, 0.4) is 0 Å². The first-order chi connectivity index (χ1) is 17.4. The zero-order valence-electron chi connectivity index (χ0n) is 20.4. The molecule has 3 aromatic rings. The van der Waals surface area contributed by atoms with Gasteiger partial charge in [0.05, 0.1) is 11.9 Å². The smallest absolute Gasteiger partial charge is 0.444 e. The Morgan fingerprint density at radius 1 is 1.11 bits per heavy atom. The van der Waals surface area contributed by atoms with E-state index in [0.29, 0.717) is 30.9 Å². The Balaban J connectivity index is 1.40. The maximum Gasteiger partial charge on any atom is 0.452 e. The van der Waals surface area contributed by atoms with Crippen molar-refractivity contribution in [1.29, 1.82) is 0 Å². The van der Waals surface area contributed by atoms with Gasteiger partial charge in [-0.15, -0.1) is 0 Å². The lowest BCUT2D eigenvalue weighted by Gasteiger charge is -2.24. The number of amides is 2. The van der Waals surface area contributed by atoms with Gasteiger partial charge in [-0.3, -0.25) is 4.79 Å². The van der Waals surface area contributed by atoms with Crippen molar-refractivity contribution in [2.75, 3.05) is 23.7 Å². The van der Waals surface area contributed by atoms with Gasteiger partial charge in [-0.25, -0.2) is 14.8 Å². The Kier molecular flexibility index (Phi) is 7.10. The number of aromatic nitrogens is 2. The Labute approximate surface area is 211 Å². The van der Waals surface area contributed by atoms with Crippen LogP contribution in [0.1, 0.15) is 43.4 Å². The molecular weight excluding hydrogens is 491 g/mol. The van der Waals surface area contributed by atoms with Crippen molar-refractivity contribution in [1.82, 2.24) is 14.9 Å². The number of ether oxygens (including phenoxy) is 1. The number of hydrogen-bond donors (Lipinski definition) is 2. The van der Waals surface area contributed by atoms with Gasteiger partial charge in [-0.05, 0) is 51.5 Å². The molecule has 2 N–H and O–H groups in total. The molecule has 1 aliphatic rings. The number of anilines is 2. The summed E-state index contributed by atoms with van der Waals surface area (Å²) in [5, 5.41) is 5.58. The highest BCUT2D eigenvalue weighted by atomic mass is 19.4. The number of likely N-dealkylation sites (tertiary alicyclic amines) is 1. The summed E-state index contributed by atoms with van der Waals surface area (Å²) in [5.74, 6) is -2.39. The summed E-state index contributed by atoms with van der Waals surface area (Å²) in [5.41, 5.74) is -0.974. The number of rotatable bonds is 5. The molecule has 0 bridgehead atoms. The van der Waals surface area contributed by atoms with E-state index in [4.69, 9.17) is 9.15 Å². The third-order valence-electron chi connectivity index (χ3n) is 5.33. The molecule has 9 nitrogen and oxygen atoms in total. The second-order valence-corrected chi connectivity index (χ2v) is 9.50. The molecule has 0 aliphatic carbocycles. The molecule has 12 heteroatoms. The predicted molar refractivity (Wildman–Crippen MR) is 129 cm³/mol. The Morgan fingerprint density at radius 3 is 2.46 bits per heavy atom. The molecule has 1 atom stereocenters. The topological polar surface area (TPSA) is 110 Å². The van der Waals surface area contributed by atoms with Crippen molar-refractivity contribution in [2.24, 2.45) is 0 Å². The molecule has 3 heterocycles. The number of halogens is 3. The Bertz CT molecular complexity index is 1250. The van der Waals surface area contributed by atoms with Gasteiger partial charge in [0, 0.05) is 24.7 Å². The van der Waals surface area contributed by atoms with Crippen LogP contribution in [0.15, 0.2) is 53.1 Å². The molecule has 0 saturated carbocycles. The van der Waals surface area contributed by atoms with Crippen molar-refractivity contribution in [2.45, 2.75) is 45.0 Å². The van der Waals surface area contributed by atoms with Crippen molar-refractivity contribution >= 4 is 23.5 Å². The van der Waals surface area contributed by atoms with Gasteiger partial charge in [-0.1, -0.05) is 18.2 Å². The average Bonchev–Trinajstić information content (AvgIpc) is 3.48. The molecule has 196 valence electrons. The number of carbonyl (C=O) groups excluding carboxylic acids is 2. The highest BCUT2D eigenvalue weighted by Gasteiger charge is 2.42. The summed E-state index contributed by atoms with van der Waals surface area (Å²) in [4.78, 5) is 34.5. The number of hydrogen-bond acceptors (Lipinski definition) is 7. The molecule has 0 radical (unpaired) electrons. The van der Waals surface area contributed by atoms with Crippen LogP contribution in [0.2, 0.25) is 0 Å². The minimum atomic E-state index is -4.91. The summed E-state index contributed by atoms with van der Waals surface area (Å²) in [7, 11) is 0. The average molecular weight is 518 g/mol. The largest absolute Gasteiger partial charge is 0.452 e. The molecule has 4 rings (SSSR count). The van der Waals surface area contributed by atoms with Crippen LogP contribution in [0, 0.1) is 0 Å². The normalized spacial score (nSPS) is 15.9. The SMILES string of the molecule is CC(C)(C)OC(=O)N1CCC(Nc2ccc(NC(=O)c3nc(-c4ccccc4)oc3C(F)(F)F)cn2)C1. The monoisotopic (exact) mass is 517 g/mol. The maximum atomic E-state index is 13.5. The summed E-state index contributed by atoms with van der Waals surface area (Å²) < 4.78 is 50.8. The summed E-state index contributed by atoms with van der Waals surface area (Å²) in [6.07, 6.45) is -3.29. The summed E-state index contributed by atoms with van der Waals surface area (Å²) in [6.45, 7) is 6.37. The zero-order valence-corrected chi connectivity index (χ0v) is 20.4. The third-order valence-corrected chi connectivity index (χ3v) is 5.33. The fourth-order valence-corrected chi connectivity index (χ4v) is 3.69. The van der Waals surface area contributed by atoms with E-state index in [1.54, 1.807) is 49.9 Å². The van der Waals surface area contributed by atoms with Crippen molar-refractivity contribution in [3.63, 3.8) is 0 Å². The Morgan fingerprint density at radius 2 is 1.84 bits per heavy atom. The van der Waals surface area contributed by atoms with Crippen molar-refractivity contribution in [3.8, 4) is 11.5 Å². The molecule has 1 aromatic carbocycles. The number of oxazole rings is 1. The standard InChI is InChI=1S/C25H26F3N5O4/c1-24(2,3)37-23(35)33-12-11-17(14-33)30-18-10-9-16(13-29-18)31-21(34)19-20(25(26,27)28)36-22(32-19)15-7-5-4-6-8-15/h4-10,13,17H,11-12,14H2,1-3H3,(H,29,30)(H,31,34). The first kappa shape index (κ1) is 26.0. The van der Waals surface area contributed by atoms with E-state index in [1.165, 1.54) is 24.4 Å². The first-order valence-corrected chi connectivity index (χ1v) is 11.5. The fraction of sp³-hybridized carbons (Fsp3) is 0.360. The third kappa shape index (κ3) is 6.57. The van der Waals surface area contributed by atoms with Gasteiger partial charge in [0.15, 0.2) is 5.69 Å². The van der Waals surface area contributed by atoms with E-state index in [-0.39, 0.29) is 23.7 Å². The lowest BCUT2D eigenvalue weighted by molar-refractivity contribution is -0.153. The van der Waals surface area contributed by atoms with Crippen LogP contribution in [0.4, 0.5) is 29.5 Å². The Hall–Kier alpha value is -4.09. The van der Waals surface area contributed by atoms with E-state index >= 15 is 0 Å². The van der Waals surface area contributed by atoms with Crippen LogP contribution in [0.25, 0.3) is 11.5 Å². The van der Waals surface area contributed by atoms with Crippen LogP contribution in [-0.4, -0.2) is 51.6 Å². The highest BCUT2D eigenvalue weighted by Crippen LogP contribution is 2.35. The van der Waals surface area contributed by atoms with Gasteiger partial charge in [0.1, 0.15) is 11.4 Å². The predicted octanol–water partition coefficient (Wildman–Crippen LogP) is 5.43. The van der Waals surface area contributed by atoms with Gasteiger partial charge < -0.3 is 24.7 Å². The van der Waals surface area contributed by atoms with Crippen LogP contribution < -0.4 is 10.6 Å². The number of benzene rings is 1. The lowest BCUT2D eigenvalue weighted by Crippen LogP contribution is -2.36. The minimum absolute atomic E-state index is 0.0543. The van der Waals surface area contributed by atoms with Gasteiger partial charge in [0.25, 0.3) is 5.91 Å². The molecule has 1 aliphatic heterocycles. The van der Waals surface area contributed by atoms with E-state index in [2.05, 4.69) is 20.6 Å². The van der Waals surface area contributed by atoms with E-state index in [9.17, 15) is 22.8 Å². The van der Waals surface area contributed by atoms with E-state index < -0.39 is 29.1 Å². The second-order valence-electron chi connectivity index (χ2n) is 9.50. The highest BCUT2D eigenvalue weighted by molar-refractivity contribution is 6.04. The second kappa shape index (κ2) is 10.1. The van der Waals surface area contributed by atoms with E-state index in [1.807, 2.05) is 0 Å². The lowest BCUT2D eigenvalue weighted by atomic mass is 10.2. The number of nitrogens with one attached hydrogen (secondary N) is 2. The number of nitrogens with zero attached hydrogens (tertiary/aromatic N) is 3. The van der Waals surface area contributed by atoms with Crippen LogP contribution in [0.5, 0.6) is 0 Å². The van der Waals surface area contributed by atoms with Gasteiger partial charge in [-0.2, -0.15) is 13.2 Å².